The van der Waals surface area contributed by atoms with Crippen LogP contribution in [0.3, 0.4) is 0 Å². The molecule has 1 aromatic heterocycles. The lowest BCUT2D eigenvalue weighted by atomic mass is 9.80. The Kier molecular flexibility index (Phi) is 3.95. The highest BCUT2D eigenvalue weighted by atomic mass is 32.1. The Labute approximate surface area is 140 Å². The Hall–Kier alpha value is -1.65. The molecule has 1 aromatic carbocycles. The van der Waals surface area contributed by atoms with Gasteiger partial charge in [-0.05, 0) is 47.5 Å². The van der Waals surface area contributed by atoms with Gasteiger partial charge in [0.1, 0.15) is 6.10 Å². The Morgan fingerprint density at radius 1 is 1.17 bits per heavy atom. The minimum Gasteiger partial charge on any atom is -0.365 e. The van der Waals surface area contributed by atoms with Gasteiger partial charge in [0.15, 0.2) is 0 Å². The number of hydrogen-bond donors (Lipinski definition) is 1. The van der Waals surface area contributed by atoms with Crippen molar-refractivity contribution < 1.29 is 9.53 Å². The summed E-state index contributed by atoms with van der Waals surface area (Å²) in [5.74, 6) is 0.547. The fraction of sp³-hybridized carbons (Fsp3) is 0.421. The molecule has 1 fully saturated rings. The number of carbonyl (C=O) groups excluding carboxylic acids is 1. The number of benzene rings is 1. The van der Waals surface area contributed by atoms with Crippen molar-refractivity contribution in [3.05, 3.63) is 51.7 Å². The average Bonchev–Trinajstić information content (AvgIpc) is 3.04. The summed E-state index contributed by atoms with van der Waals surface area (Å²) in [6.07, 6.45) is 5.40. The van der Waals surface area contributed by atoms with Crippen LogP contribution in [0.1, 0.15) is 60.6 Å². The van der Waals surface area contributed by atoms with E-state index >= 15 is 0 Å². The van der Waals surface area contributed by atoms with Gasteiger partial charge in [-0.15, -0.1) is 11.3 Å². The van der Waals surface area contributed by atoms with Gasteiger partial charge in [-0.2, -0.15) is 0 Å². The van der Waals surface area contributed by atoms with E-state index in [0.29, 0.717) is 12.0 Å². The van der Waals surface area contributed by atoms with Crippen LogP contribution in [-0.2, 0) is 9.53 Å². The fourth-order valence-electron chi connectivity index (χ4n) is 3.86. The SMILES string of the molecule is CC(=O)Nc1ccc([C@@H]2O[C@@H]3CCCC[C@H]3c3sccc32)cc1. The predicted octanol–water partition coefficient (Wildman–Crippen LogP) is 4.85. The molecule has 0 unspecified atom stereocenters. The summed E-state index contributed by atoms with van der Waals surface area (Å²) in [5, 5.41) is 5.01. The minimum atomic E-state index is -0.0446. The second-order valence-corrected chi connectivity index (χ2v) is 7.44. The molecule has 0 saturated heterocycles. The average molecular weight is 327 g/mol. The van der Waals surface area contributed by atoms with Gasteiger partial charge in [0.25, 0.3) is 0 Å². The van der Waals surface area contributed by atoms with Crippen LogP contribution in [0.4, 0.5) is 5.69 Å². The summed E-state index contributed by atoms with van der Waals surface area (Å²) < 4.78 is 6.50. The number of thiophene rings is 1. The predicted molar refractivity (Wildman–Crippen MR) is 93.0 cm³/mol. The smallest absolute Gasteiger partial charge is 0.221 e. The molecule has 2 heterocycles. The number of anilines is 1. The van der Waals surface area contributed by atoms with Crippen LogP contribution in [-0.4, -0.2) is 12.0 Å². The summed E-state index contributed by atoms with van der Waals surface area (Å²) in [6.45, 7) is 1.53. The molecular formula is C19H21NO2S. The molecule has 23 heavy (non-hydrogen) atoms. The van der Waals surface area contributed by atoms with Gasteiger partial charge >= 0.3 is 0 Å². The first kappa shape index (κ1) is 14.9. The molecule has 0 spiro atoms. The third-order valence-corrected chi connectivity index (χ3v) is 5.96. The maximum absolute atomic E-state index is 11.2. The van der Waals surface area contributed by atoms with Crippen LogP contribution >= 0.6 is 11.3 Å². The molecule has 3 atom stereocenters. The van der Waals surface area contributed by atoms with Gasteiger partial charge in [0, 0.05) is 23.4 Å². The highest BCUT2D eigenvalue weighted by molar-refractivity contribution is 7.10. The summed E-state index contributed by atoms with van der Waals surface area (Å²) in [5.41, 5.74) is 3.34. The van der Waals surface area contributed by atoms with E-state index in [-0.39, 0.29) is 12.0 Å². The quantitative estimate of drug-likeness (QED) is 0.856. The van der Waals surface area contributed by atoms with Crippen LogP contribution in [0.5, 0.6) is 0 Å². The monoisotopic (exact) mass is 327 g/mol. The van der Waals surface area contributed by atoms with Crippen LogP contribution in [0.25, 0.3) is 0 Å². The number of amides is 1. The summed E-state index contributed by atoms with van der Waals surface area (Å²) in [4.78, 5) is 12.7. The molecule has 120 valence electrons. The molecule has 1 N–H and O–H groups in total. The topological polar surface area (TPSA) is 38.3 Å². The molecule has 1 saturated carbocycles. The highest BCUT2D eigenvalue weighted by Gasteiger charge is 2.38. The summed E-state index contributed by atoms with van der Waals surface area (Å²) >= 11 is 1.88. The molecule has 1 aliphatic carbocycles. The van der Waals surface area contributed by atoms with Gasteiger partial charge in [-0.25, -0.2) is 0 Å². The van der Waals surface area contributed by atoms with Crippen molar-refractivity contribution >= 4 is 22.9 Å². The normalized spacial score (nSPS) is 26.2. The van der Waals surface area contributed by atoms with Crippen molar-refractivity contribution in [1.82, 2.24) is 0 Å². The van der Waals surface area contributed by atoms with E-state index in [1.54, 1.807) is 0 Å². The van der Waals surface area contributed by atoms with E-state index < -0.39 is 0 Å². The van der Waals surface area contributed by atoms with E-state index in [2.05, 4.69) is 28.9 Å². The van der Waals surface area contributed by atoms with Gasteiger partial charge in [0.05, 0.1) is 6.10 Å². The minimum absolute atomic E-state index is 0.0296. The molecule has 3 nitrogen and oxygen atoms in total. The zero-order valence-electron chi connectivity index (χ0n) is 13.2. The third-order valence-electron chi connectivity index (χ3n) is 4.89. The van der Waals surface area contributed by atoms with Crippen molar-refractivity contribution in [1.29, 1.82) is 0 Å². The van der Waals surface area contributed by atoms with Gasteiger partial charge in [-0.1, -0.05) is 25.0 Å². The highest BCUT2D eigenvalue weighted by Crippen LogP contribution is 2.48. The maximum atomic E-state index is 11.2. The Bertz CT molecular complexity index is 706. The van der Waals surface area contributed by atoms with Crippen LogP contribution in [0.2, 0.25) is 0 Å². The lowest BCUT2D eigenvalue weighted by Gasteiger charge is -2.39. The van der Waals surface area contributed by atoms with E-state index in [1.165, 1.54) is 48.6 Å². The van der Waals surface area contributed by atoms with E-state index in [1.807, 2.05) is 23.5 Å². The molecule has 2 aliphatic rings. The number of rotatable bonds is 2. The zero-order valence-corrected chi connectivity index (χ0v) is 14.1. The van der Waals surface area contributed by atoms with Crippen LogP contribution < -0.4 is 5.32 Å². The Balaban J connectivity index is 1.65. The van der Waals surface area contributed by atoms with Crippen molar-refractivity contribution in [2.75, 3.05) is 5.32 Å². The number of nitrogens with one attached hydrogen (secondary N) is 1. The number of ether oxygens (including phenoxy) is 1. The zero-order chi connectivity index (χ0) is 15.8. The first-order chi connectivity index (χ1) is 11.2. The molecule has 1 amide bonds. The molecule has 4 heteroatoms. The van der Waals surface area contributed by atoms with Gasteiger partial charge < -0.3 is 10.1 Å². The van der Waals surface area contributed by atoms with E-state index in [0.717, 1.165) is 5.69 Å². The van der Waals surface area contributed by atoms with Crippen LogP contribution in [0.15, 0.2) is 35.7 Å². The largest absolute Gasteiger partial charge is 0.365 e. The van der Waals surface area contributed by atoms with Crippen molar-refractivity contribution in [3.8, 4) is 0 Å². The lowest BCUT2D eigenvalue weighted by molar-refractivity contribution is -0.114. The standard InChI is InChI=1S/C19H21NO2S/c1-12(21)20-14-8-6-13(7-9-14)18-16-10-11-23-19(16)15-4-2-3-5-17(15)22-18/h6-11,15,17-18H,2-5H2,1H3,(H,20,21)/t15-,17-,18+/m1/s1. The lowest BCUT2D eigenvalue weighted by Crippen LogP contribution is -2.32. The van der Waals surface area contributed by atoms with E-state index in [4.69, 9.17) is 4.74 Å². The molecule has 1 aliphatic heterocycles. The van der Waals surface area contributed by atoms with Crippen molar-refractivity contribution in [2.45, 2.75) is 50.7 Å². The molecule has 4 rings (SSSR count). The second kappa shape index (κ2) is 6.10. The number of fused-ring (bicyclic) bond motifs is 3. The third kappa shape index (κ3) is 2.81. The Morgan fingerprint density at radius 3 is 2.74 bits per heavy atom. The Morgan fingerprint density at radius 2 is 1.96 bits per heavy atom. The van der Waals surface area contributed by atoms with Crippen molar-refractivity contribution in [2.24, 2.45) is 0 Å². The summed E-state index contributed by atoms with van der Waals surface area (Å²) in [7, 11) is 0. The molecule has 2 aromatic rings. The number of carbonyl (C=O) groups is 1. The van der Waals surface area contributed by atoms with E-state index in [9.17, 15) is 4.79 Å². The van der Waals surface area contributed by atoms with Crippen molar-refractivity contribution in [3.63, 3.8) is 0 Å². The molecule has 0 radical (unpaired) electrons. The van der Waals surface area contributed by atoms with Gasteiger partial charge in [0.2, 0.25) is 5.91 Å². The van der Waals surface area contributed by atoms with Crippen LogP contribution in [0, 0.1) is 0 Å². The first-order valence-electron chi connectivity index (χ1n) is 8.32. The summed E-state index contributed by atoms with van der Waals surface area (Å²) in [6, 6.07) is 10.3. The maximum Gasteiger partial charge on any atom is 0.221 e. The first-order valence-corrected chi connectivity index (χ1v) is 9.20. The second-order valence-electron chi connectivity index (χ2n) is 6.49. The molecule has 0 bridgehead atoms. The van der Waals surface area contributed by atoms with Gasteiger partial charge in [-0.3, -0.25) is 4.79 Å². The number of hydrogen-bond acceptors (Lipinski definition) is 3. The fourth-order valence-corrected chi connectivity index (χ4v) is 4.98. The molecular weight excluding hydrogens is 306 g/mol.